The van der Waals surface area contributed by atoms with Gasteiger partial charge in [-0.3, -0.25) is 0 Å². The van der Waals surface area contributed by atoms with Crippen LogP contribution < -0.4 is 16.0 Å². The lowest BCUT2D eigenvalue weighted by Gasteiger charge is -2.36. The number of halogens is 1. The Balaban J connectivity index is 1.67. The molecule has 7 heteroatoms. The third-order valence-corrected chi connectivity index (χ3v) is 4.38. The van der Waals surface area contributed by atoms with Crippen LogP contribution in [0, 0.1) is 5.82 Å². The molecule has 1 saturated heterocycles. The van der Waals surface area contributed by atoms with Crippen molar-refractivity contribution < 1.29 is 9.18 Å². The number of nitrogens with two attached hydrogens (primary N) is 1. The Morgan fingerprint density at radius 2 is 1.92 bits per heavy atom. The van der Waals surface area contributed by atoms with Gasteiger partial charge in [0.1, 0.15) is 5.82 Å². The van der Waals surface area contributed by atoms with E-state index in [1.807, 2.05) is 29.1 Å². The summed E-state index contributed by atoms with van der Waals surface area (Å²) in [6, 6.07) is 12.4. The smallest absolute Gasteiger partial charge is 0.293 e. The van der Waals surface area contributed by atoms with Crippen molar-refractivity contribution in [2.75, 3.05) is 42.1 Å². The van der Waals surface area contributed by atoms with Gasteiger partial charge in [-0.15, -0.1) is 0 Å². The normalized spacial score (nSPS) is 15.0. The molecule has 1 heterocycles. The lowest BCUT2D eigenvalue weighted by Crippen LogP contribution is -2.48. The molecule has 2 aromatic carbocycles. The Labute approximate surface area is 147 Å². The van der Waals surface area contributed by atoms with Crippen LogP contribution in [0.2, 0.25) is 0 Å². The summed E-state index contributed by atoms with van der Waals surface area (Å²) in [5.41, 5.74) is 9.71. The first-order valence-electron chi connectivity index (χ1n) is 8.32. The zero-order chi connectivity index (χ0) is 17.6. The molecule has 0 aliphatic carbocycles. The molecule has 3 N–H and O–H groups in total. The maximum Gasteiger partial charge on any atom is 0.293 e. The Hall–Kier alpha value is -2.54. The first-order chi connectivity index (χ1) is 12.2. The summed E-state index contributed by atoms with van der Waals surface area (Å²) in [6.07, 6.45) is 0.820. The van der Waals surface area contributed by atoms with Crippen molar-refractivity contribution in [3.05, 3.63) is 53.8 Å². The first-order valence-corrected chi connectivity index (χ1v) is 8.32. The van der Waals surface area contributed by atoms with Gasteiger partial charge in [-0.1, -0.05) is 18.2 Å². The number of nitrogen functional groups attached to an aromatic ring is 1. The minimum atomic E-state index is -0.244. The van der Waals surface area contributed by atoms with Crippen LogP contribution in [0.25, 0.3) is 0 Å². The molecular formula is C18H21BFN4O. The van der Waals surface area contributed by atoms with Gasteiger partial charge in [0.05, 0.1) is 23.2 Å². The van der Waals surface area contributed by atoms with Gasteiger partial charge in [0, 0.05) is 32.7 Å². The van der Waals surface area contributed by atoms with E-state index in [0.717, 1.165) is 49.3 Å². The maximum absolute atomic E-state index is 13.3. The number of carbonyl (C=O) groups excluding carboxylic acids is 1. The lowest BCUT2D eigenvalue weighted by atomic mass is 9.93. The topological polar surface area (TPSA) is 61.6 Å². The highest BCUT2D eigenvalue weighted by atomic mass is 19.1. The van der Waals surface area contributed by atoms with Crippen LogP contribution in [0.15, 0.2) is 42.5 Å². The van der Waals surface area contributed by atoms with Gasteiger partial charge in [-0.05, 0) is 29.8 Å². The Morgan fingerprint density at radius 1 is 1.16 bits per heavy atom. The molecule has 5 nitrogen and oxygen atoms in total. The van der Waals surface area contributed by atoms with Crippen molar-refractivity contribution in [2.24, 2.45) is 0 Å². The van der Waals surface area contributed by atoms with E-state index in [0.29, 0.717) is 12.2 Å². The van der Waals surface area contributed by atoms with E-state index in [-0.39, 0.29) is 5.82 Å². The van der Waals surface area contributed by atoms with Gasteiger partial charge in [0.25, 0.3) is 7.41 Å². The molecule has 2 aromatic rings. The van der Waals surface area contributed by atoms with Crippen molar-refractivity contribution in [3.8, 4) is 0 Å². The largest absolute Gasteiger partial charge is 0.395 e. The number of rotatable bonds is 6. The molecule has 0 aromatic heterocycles. The van der Waals surface area contributed by atoms with Crippen molar-refractivity contribution in [3.63, 3.8) is 0 Å². The summed E-state index contributed by atoms with van der Waals surface area (Å²) in [5, 5.41) is 3.28. The van der Waals surface area contributed by atoms with E-state index in [1.165, 1.54) is 12.1 Å². The van der Waals surface area contributed by atoms with Crippen LogP contribution in [0.3, 0.4) is 0 Å². The monoisotopic (exact) mass is 339 g/mol. The Kier molecular flexibility index (Phi) is 5.55. The minimum absolute atomic E-state index is 0.244. The Morgan fingerprint density at radius 3 is 2.64 bits per heavy atom. The second-order valence-electron chi connectivity index (χ2n) is 6.03. The second-order valence-corrected chi connectivity index (χ2v) is 6.03. The average Bonchev–Trinajstić information content (AvgIpc) is 2.62. The van der Waals surface area contributed by atoms with Gasteiger partial charge in [0.2, 0.25) is 0 Å². The van der Waals surface area contributed by atoms with E-state index in [9.17, 15) is 9.18 Å². The fraction of sp³-hybridized carbons (Fsp3) is 0.278. The van der Waals surface area contributed by atoms with Gasteiger partial charge < -0.3 is 25.6 Å². The standard InChI is InChI=1S/C18H21BFN4O/c20-15-4-1-3-14(11-15)12-22-16-5-2-6-17(18(16)21)23-7-9-24(10-8-23)19-13-25/h1-6,11,13,22H,7-10,12,21H2. The first kappa shape index (κ1) is 17.3. The zero-order valence-corrected chi connectivity index (χ0v) is 14.0. The van der Waals surface area contributed by atoms with E-state index < -0.39 is 0 Å². The van der Waals surface area contributed by atoms with Crippen molar-refractivity contribution in [1.82, 2.24) is 4.81 Å². The SMILES string of the molecule is Nc1c(NCc2cccc(F)c2)cccc1N1CCN([B]C=O)CC1. The zero-order valence-electron chi connectivity index (χ0n) is 14.0. The fourth-order valence-corrected chi connectivity index (χ4v) is 3.03. The van der Waals surface area contributed by atoms with Gasteiger partial charge >= 0.3 is 0 Å². The Bertz CT molecular complexity index is 735. The number of nitrogens with zero attached hydrogens (tertiary/aromatic N) is 2. The van der Waals surface area contributed by atoms with E-state index in [2.05, 4.69) is 10.2 Å². The summed E-state index contributed by atoms with van der Waals surface area (Å²) in [6.45, 7) is 3.70. The molecule has 1 aliphatic rings. The summed E-state index contributed by atoms with van der Waals surface area (Å²) in [4.78, 5) is 14.8. The van der Waals surface area contributed by atoms with Crippen LogP contribution in [-0.4, -0.2) is 44.6 Å². The number of nitrogens with one attached hydrogen (secondary N) is 1. The maximum atomic E-state index is 13.3. The van der Waals surface area contributed by atoms with Crippen LogP contribution in [0.5, 0.6) is 0 Å². The van der Waals surface area contributed by atoms with Gasteiger partial charge in [-0.2, -0.15) is 0 Å². The van der Waals surface area contributed by atoms with Gasteiger partial charge in [0.15, 0.2) is 0 Å². The molecule has 25 heavy (non-hydrogen) atoms. The highest BCUT2D eigenvalue weighted by Crippen LogP contribution is 2.31. The molecular weight excluding hydrogens is 318 g/mol. The summed E-state index contributed by atoms with van der Waals surface area (Å²) in [7, 11) is 1.58. The van der Waals surface area contributed by atoms with E-state index in [4.69, 9.17) is 5.73 Å². The number of benzene rings is 2. The number of piperazine rings is 1. The van der Waals surface area contributed by atoms with Crippen molar-refractivity contribution in [1.29, 1.82) is 0 Å². The quantitative estimate of drug-likeness (QED) is 0.479. The van der Waals surface area contributed by atoms with Crippen LogP contribution in [0.4, 0.5) is 21.5 Å². The molecule has 1 aliphatic heterocycles. The molecule has 3 rings (SSSR count). The average molecular weight is 339 g/mol. The lowest BCUT2D eigenvalue weighted by molar-refractivity contribution is 0.409. The highest BCUT2D eigenvalue weighted by Gasteiger charge is 2.19. The third kappa shape index (κ3) is 4.30. The van der Waals surface area contributed by atoms with Gasteiger partial charge in [-0.25, -0.2) is 4.39 Å². The molecule has 1 radical (unpaired) electrons. The molecule has 0 atom stereocenters. The number of anilines is 3. The molecule has 1 fully saturated rings. The number of para-hydroxylation sites is 1. The molecule has 129 valence electrons. The highest BCUT2D eigenvalue weighted by molar-refractivity contribution is 6.64. The minimum Gasteiger partial charge on any atom is -0.395 e. The van der Waals surface area contributed by atoms with E-state index in [1.54, 1.807) is 13.5 Å². The molecule has 0 amide bonds. The van der Waals surface area contributed by atoms with Crippen molar-refractivity contribution >= 4 is 30.7 Å². The predicted molar refractivity (Wildman–Crippen MR) is 101 cm³/mol. The number of carbonyl (C=O) groups is 1. The molecule has 0 spiro atoms. The predicted octanol–water partition coefficient (Wildman–Crippen LogP) is 1.95. The molecule has 0 saturated carbocycles. The molecule has 0 bridgehead atoms. The summed E-state index contributed by atoms with van der Waals surface area (Å²) >= 11 is 0. The van der Waals surface area contributed by atoms with Crippen molar-refractivity contribution in [2.45, 2.75) is 6.54 Å². The fourth-order valence-electron chi connectivity index (χ4n) is 3.03. The number of hydrogen-bond donors (Lipinski definition) is 2. The third-order valence-electron chi connectivity index (χ3n) is 4.38. The van der Waals surface area contributed by atoms with E-state index >= 15 is 0 Å². The summed E-state index contributed by atoms with van der Waals surface area (Å²) < 4.78 is 13.3. The molecule has 0 unspecified atom stereocenters. The number of hydrogen-bond acceptors (Lipinski definition) is 5. The van der Waals surface area contributed by atoms with Crippen LogP contribution >= 0.6 is 0 Å². The second kappa shape index (κ2) is 8.03. The summed E-state index contributed by atoms with van der Waals surface area (Å²) in [5.74, 6) is -0.244. The van der Waals surface area contributed by atoms with Crippen LogP contribution in [-0.2, 0) is 11.3 Å². The van der Waals surface area contributed by atoms with Crippen LogP contribution in [0.1, 0.15) is 5.56 Å².